The summed E-state index contributed by atoms with van der Waals surface area (Å²) in [7, 11) is 0. The van der Waals surface area contributed by atoms with E-state index in [4.69, 9.17) is 5.11 Å². The SMILES string of the molecule is CC(C)(C)C1CCCC(C(=O)O)C1C(=O)O.[LiH].[LiH]. The van der Waals surface area contributed by atoms with Crippen LogP contribution in [0.3, 0.4) is 0 Å². The Morgan fingerprint density at radius 1 is 1.00 bits per heavy atom. The average Bonchev–Trinajstić information content (AvgIpc) is 2.14. The first kappa shape index (κ1) is 20.5. The van der Waals surface area contributed by atoms with Crippen LogP contribution in [0.1, 0.15) is 40.0 Å². The summed E-state index contributed by atoms with van der Waals surface area (Å²) in [6.45, 7) is 5.95. The Bertz CT molecular complexity index is 299. The van der Waals surface area contributed by atoms with Gasteiger partial charge in [0.15, 0.2) is 0 Å². The Kier molecular flexibility index (Phi) is 8.70. The van der Waals surface area contributed by atoms with Crippen LogP contribution in [0.25, 0.3) is 0 Å². The predicted molar refractivity (Wildman–Crippen MR) is 73.3 cm³/mol. The number of carboxylic acid groups (broad SMARTS) is 2. The molecular weight excluding hydrogens is 222 g/mol. The van der Waals surface area contributed by atoms with Gasteiger partial charge in [0.05, 0.1) is 11.8 Å². The summed E-state index contributed by atoms with van der Waals surface area (Å²) < 4.78 is 0. The summed E-state index contributed by atoms with van der Waals surface area (Å²) >= 11 is 0. The fraction of sp³-hybridized carbons (Fsp3) is 0.833. The first-order chi connectivity index (χ1) is 7.25. The molecule has 2 N–H and O–H groups in total. The molecule has 0 heterocycles. The van der Waals surface area contributed by atoms with Gasteiger partial charge < -0.3 is 10.2 Å². The van der Waals surface area contributed by atoms with Crippen molar-refractivity contribution in [2.45, 2.75) is 40.0 Å². The predicted octanol–water partition coefficient (Wildman–Crippen LogP) is 0.937. The minimum absolute atomic E-state index is 0. The maximum atomic E-state index is 11.3. The molecule has 18 heavy (non-hydrogen) atoms. The van der Waals surface area contributed by atoms with E-state index in [0.29, 0.717) is 6.42 Å². The maximum absolute atomic E-state index is 11.3. The Balaban J connectivity index is 0. The van der Waals surface area contributed by atoms with Crippen molar-refractivity contribution in [2.75, 3.05) is 0 Å². The second-order valence-electron chi connectivity index (χ2n) is 5.71. The van der Waals surface area contributed by atoms with Crippen molar-refractivity contribution in [1.82, 2.24) is 0 Å². The van der Waals surface area contributed by atoms with Crippen LogP contribution in [0, 0.1) is 23.2 Å². The van der Waals surface area contributed by atoms with Gasteiger partial charge in [-0.2, -0.15) is 0 Å². The second kappa shape index (κ2) is 7.66. The van der Waals surface area contributed by atoms with Crippen LogP contribution >= 0.6 is 0 Å². The van der Waals surface area contributed by atoms with E-state index in [1.54, 1.807) is 0 Å². The molecule has 1 rings (SSSR count). The molecule has 0 aromatic carbocycles. The van der Waals surface area contributed by atoms with Crippen LogP contribution in [-0.4, -0.2) is 59.9 Å². The average molecular weight is 244 g/mol. The number of rotatable bonds is 2. The number of hydrogen-bond donors (Lipinski definition) is 2. The van der Waals surface area contributed by atoms with Crippen molar-refractivity contribution in [2.24, 2.45) is 23.2 Å². The van der Waals surface area contributed by atoms with Gasteiger partial charge in [-0.25, -0.2) is 0 Å². The molecule has 0 bridgehead atoms. The Labute approximate surface area is 132 Å². The van der Waals surface area contributed by atoms with Gasteiger partial charge in [-0.1, -0.05) is 27.2 Å². The summed E-state index contributed by atoms with van der Waals surface area (Å²) in [6, 6.07) is 0. The summed E-state index contributed by atoms with van der Waals surface area (Å²) in [6.07, 6.45) is 2.10. The van der Waals surface area contributed by atoms with Gasteiger partial charge in [-0.15, -0.1) is 0 Å². The number of hydrogen-bond acceptors (Lipinski definition) is 2. The van der Waals surface area contributed by atoms with Gasteiger partial charge in [0.25, 0.3) is 0 Å². The molecule has 0 aliphatic heterocycles. The quantitative estimate of drug-likeness (QED) is 0.709. The Hall–Kier alpha value is 0.135. The topological polar surface area (TPSA) is 74.6 Å². The van der Waals surface area contributed by atoms with Gasteiger partial charge in [0.2, 0.25) is 0 Å². The van der Waals surface area contributed by atoms with E-state index < -0.39 is 23.8 Å². The molecule has 1 saturated carbocycles. The third-order valence-corrected chi connectivity index (χ3v) is 3.61. The summed E-state index contributed by atoms with van der Waals surface area (Å²) in [4.78, 5) is 22.3. The van der Waals surface area contributed by atoms with Gasteiger partial charge in [-0.05, 0) is 24.2 Å². The molecule has 0 amide bonds. The van der Waals surface area contributed by atoms with Crippen molar-refractivity contribution in [3.63, 3.8) is 0 Å². The zero-order chi connectivity index (χ0) is 12.5. The molecule has 0 aromatic rings. The zero-order valence-electron chi connectivity index (χ0n) is 10.1. The van der Waals surface area contributed by atoms with E-state index in [0.717, 1.165) is 12.8 Å². The van der Waals surface area contributed by atoms with Crippen LogP contribution in [0.15, 0.2) is 0 Å². The molecule has 0 radical (unpaired) electrons. The molecule has 4 nitrogen and oxygen atoms in total. The monoisotopic (exact) mass is 244 g/mol. The van der Waals surface area contributed by atoms with Crippen LogP contribution in [0.4, 0.5) is 0 Å². The van der Waals surface area contributed by atoms with E-state index in [1.165, 1.54) is 0 Å². The summed E-state index contributed by atoms with van der Waals surface area (Å²) in [5.41, 5.74) is -0.156. The first-order valence-electron chi connectivity index (χ1n) is 5.70. The molecule has 1 fully saturated rings. The summed E-state index contributed by atoms with van der Waals surface area (Å²) in [5.74, 6) is -3.46. The first-order valence-corrected chi connectivity index (χ1v) is 5.70. The van der Waals surface area contributed by atoms with Crippen LogP contribution in [0.5, 0.6) is 0 Å². The minimum atomic E-state index is -0.971. The van der Waals surface area contributed by atoms with Crippen molar-refractivity contribution < 1.29 is 19.8 Å². The molecular formula is C12H22Li2O4. The van der Waals surface area contributed by atoms with Crippen molar-refractivity contribution in [1.29, 1.82) is 0 Å². The molecule has 0 spiro atoms. The van der Waals surface area contributed by atoms with Crippen LogP contribution in [0.2, 0.25) is 0 Å². The molecule has 3 atom stereocenters. The van der Waals surface area contributed by atoms with Crippen LogP contribution < -0.4 is 0 Å². The number of carboxylic acids is 2. The fourth-order valence-corrected chi connectivity index (χ4v) is 2.79. The van der Waals surface area contributed by atoms with Crippen molar-refractivity contribution >= 4 is 49.7 Å². The fourth-order valence-electron chi connectivity index (χ4n) is 2.79. The normalized spacial score (nSPS) is 27.6. The van der Waals surface area contributed by atoms with Gasteiger partial charge in [0.1, 0.15) is 0 Å². The van der Waals surface area contributed by atoms with E-state index in [2.05, 4.69) is 0 Å². The number of aliphatic carboxylic acids is 2. The molecule has 0 aromatic heterocycles. The zero-order valence-corrected chi connectivity index (χ0v) is 10.1. The molecule has 1 aliphatic carbocycles. The van der Waals surface area contributed by atoms with Crippen molar-refractivity contribution in [3.8, 4) is 0 Å². The Morgan fingerprint density at radius 2 is 1.50 bits per heavy atom. The third kappa shape index (κ3) is 4.67. The second-order valence-corrected chi connectivity index (χ2v) is 5.71. The van der Waals surface area contributed by atoms with E-state index >= 15 is 0 Å². The molecule has 96 valence electrons. The van der Waals surface area contributed by atoms with E-state index in [-0.39, 0.29) is 49.1 Å². The molecule has 6 heteroatoms. The third-order valence-electron chi connectivity index (χ3n) is 3.61. The molecule has 3 unspecified atom stereocenters. The molecule has 1 aliphatic rings. The Morgan fingerprint density at radius 3 is 1.83 bits per heavy atom. The van der Waals surface area contributed by atoms with Gasteiger partial charge >= 0.3 is 49.7 Å². The summed E-state index contributed by atoms with van der Waals surface area (Å²) in [5, 5.41) is 18.3. The van der Waals surface area contributed by atoms with Crippen LogP contribution in [-0.2, 0) is 9.59 Å². The van der Waals surface area contributed by atoms with E-state index in [1.807, 2.05) is 20.8 Å². The molecule has 0 saturated heterocycles. The van der Waals surface area contributed by atoms with Gasteiger partial charge in [0, 0.05) is 0 Å². The standard InChI is InChI=1S/C12H20O4.2Li.2H/c1-12(2,3)8-6-4-5-7(10(13)14)9(8)11(15)16;;;;/h7-9H,4-6H2,1-3H3,(H,13,14)(H,15,16);;;;. The number of carbonyl (C=O) groups is 2. The van der Waals surface area contributed by atoms with E-state index in [9.17, 15) is 14.7 Å². The van der Waals surface area contributed by atoms with Crippen molar-refractivity contribution in [3.05, 3.63) is 0 Å². The van der Waals surface area contributed by atoms with Gasteiger partial charge in [-0.3, -0.25) is 9.59 Å².